The van der Waals surface area contributed by atoms with E-state index < -0.39 is 0 Å². The van der Waals surface area contributed by atoms with Gasteiger partial charge in [-0.15, -0.1) is 0 Å². The van der Waals surface area contributed by atoms with Crippen LogP contribution >= 0.6 is 0 Å². The number of hydrogen-bond acceptors (Lipinski definition) is 4. The van der Waals surface area contributed by atoms with Crippen LogP contribution in [0.2, 0.25) is 0 Å². The Morgan fingerprint density at radius 3 is 2.62 bits per heavy atom. The van der Waals surface area contributed by atoms with Gasteiger partial charge in [-0.3, -0.25) is 4.68 Å². The van der Waals surface area contributed by atoms with E-state index in [9.17, 15) is 0 Å². The Bertz CT molecular complexity index is 829. The van der Waals surface area contributed by atoms with Crippen molar-refractivity contribution in [3.05, 3.63) is 77.6 Å². The van der Waals surface area contributed by atoms with Crippen molar-refractivity contribution in [1.29, 1.82) is 0 Å². The van der Waals surface area contributed by atoms with Gasteiger partial charge in [0.25, 0.3) is 0 Å². The first-order valence-corrected chi connectivity index (χ1v) is 9.02. The van der Waals surface area contributed by atoms with Crippen molar-refractivity contribution in [3.8, 4) is 11.5 Å². The molecule has 5 nitrogen and oxygen atoms in total. The zero-order valence-electron chi connectivity index (χ0n) is 14.7. The minimum Gasteiger partial charge on any atom is -0.490 e. The van der Waals surface area contributed by atoms with Crippen LogP contribution in [0.15, 0.2) is 60.9 Å². The van der Waals surface area contributed by atoms with Crippen LogP contribution in [-0.4, -0.2) is 23.0 Å². The van der Waals surface area contributed by atoms with Gasteiger partial charge in [-0.05, 0) is 23.3 Å². The minimum absolute atomic E-state index is 0.710. The molecule has 1 aromatic heterocycles. The summed E-state index contributed by atoms with van der Waals surface area (Å²) < 4.78 is 13.6. The number of para-hydroxylation sites is 1. The van der Waals surface area contributed by atoms with E-state index in [1.165, 1.54) is 11.1 Å². The quantitative estimate of drug-likeness (QED) is 0.741. The van der Waals surface area contributed by atoms with E-state index in [-0.39, 0.29) is 0 Å². The van der Waals surface area contributed by atoms with Crippen LogP contribution in [0.4, 0.5) is 0 Å². The Balaban J connectivity index is 1.33. The van der Waals surface area contributed by atoms with Gasteiger partial charge in [0.2, 0.25) is 0 Å². The lowest BCUT2D eigenvalue weighted by Crippen LogP contribution is -2.14. The van der Waals surface area contributed by atoms with Crippen molar-refractivity contribution in [2.24, 2.45) is 0 Å². The second kappa shape index (κ2) is 8.06. The number of benzene rings is 2. The second-order valence-corrected chi connectivity index (χ2v) is 6.42. The highest BCUT2D eigenvalue weighted by Gasteiger charge is 2.13. The van der Waals surface area contributed by atoms with Crippen molar-refractivity contribution >= 4 is 0 Å². The number of hydrogen-bond donors (Lipinski definition) is 1. The lowest BCUT2D eigenvalue weighted by molar-refractivity contribution is 0.296. The molecule has 1 N–H and O–H groups in total. The molecule has 0 saturated heterocycles. The van der Waals surface area contributed by atoms with Crippen LogP contribution in [0, 0.1) is 0 Å². The summed E-state index contributed by atoms with van der Waals surface area (Å²) in [5.74, 6) is 1.73. The molecular formula is C21H23N3O2. The predicted molar refractivity (Wildman–Crippen MR) is 100 cm³/mol. The summed E-state index contributed by atoms with van der Waals surface area (Å²) in [4.78, 5) is 0. The molecule has 0 bridgehead atoms. The summed E-state index contributed by atoms with van der Waals surface area (Å²) in [6.07, 6.45) is 4.70. The van der Waals surface area contributed by atoms with E-state index in [4.69, 9.17) is 9.47 Å². The summed E-state index contributed by atoms with van der Waals surface area (Å²) in [7, 11) is 0. The number of aromatic nitrogens is 2. The van der Waals surface area contributed by atoms with Crippen LogP contribution < -0.4 is 14.8 Å². The third-order valence-corrected chi connectivity index (χ3v) is 4.42. The Labute approximate surface area is 153 Å². The number of nitrogens with zero attached hydrogens (tertiary/aromatic N) is 2. The maximum atomic E-state index is 5.87. The number of ether oxygens (including phenoxy) is 2. The van der Waals surface area contributed by atoms with E-state index in [0.29, 0.717) is 6.61 Å². The third kappa shape index (κ3) is 4.06. The smallest absolute Gasteiger partial charge is 0.165 e. The van der Waals surface area contributed by atoms with Crippen molar-refractivity contribution in [3.63, 3.8) is 0 Å². The topological polar surface area (TPSA) is 48.3 Å². The Morgan fingerprint density at radius 2 is 1.77 bits per heavy atom. The zero-order valence-corrected chi connectivity index (χ0v) is 14.7. The van der Waals surface area contributed by atoms with Crippen LogP contribution in [0.5, 0.6) is 11.5 Å². The SMILES string of the molecule is c1cc(CNCc2ccc(Cn3cccn3)cc2)c2c(c1)OCCCO2. The summed E-state index contributed by atoms with van der Waals surface area (Å²) in [6.45, 7) is 3.79. The molecule has 26 heavy (non-hydrogen) atoms. The maximum absolute atomic E-state index is 5.87. The van der Waals surface area contributed by atoms with Gasteiger partial charge in [0, 0.05) is 37.5 Å². The van der Waals surface area contributed by atoms with Crippen molar-refractivity contribution < 1.29 is 9.47 Å². The fraction of sp³-hybridized carbons (Fsp3) is 0.286. The number of rotatable bonds is 6. The first kappa shape index (κ1) is 16.7. The summed E-state index contributed by atoms with van der Waals surface area (Å²) in [6, 6.07) is 16.7. The molecule has 0 atom stereocenters. The molecule has 0 radical (unpaired) electrons. The fourth-order valence-electron chi connectivity index (χ4n) is 3.08. The Kier molecular flexibility index (Phi) is 5.17. The van der Waals surface area contributed by atoms with E-state index in [2.05, 4.69) is 40.7 Å². The molecule has 0 saturated carbocycles. The molecule has 5 heteroatoms. The van der Waals surface area contributed by atoms with Crippen molar-refractivity contribution in [2.45, 2.75) is 26.1 Å². The van der Waals surface area contributed by atoms with Gasteiger partial charge >= 0.3 is 0 Å². The highest BCUT2D eigenvalue weighted by Crippen LogP contribution is 2.33. The predicted octanol–water partition coefficient (Wildman–Crippen LogP) is 3.38. The molecular weight excluding hydrogens is 326 g/mol. The largest absolute Gasteiger partial charge is 0.490 e. The molecule has 2 aromatic carbocycles. The average molecular weight is 349 g/mol. The zero-order chi connectivity index (χ0) is 17.6. The minimum atomic E-state index is 0.710. The molecule has 4 rings (SSSR count). The highest BCUT2D eigenvalue weighted by molar-refractivity contribution is 5.47. The van der Waals surface area contributed by atoms with Crippen molar-refractivity contribution in [1.82, 2.24) is 15.1 Å². The maximum Gasteiger partial charge on any atom is 0.165 e. The molecule has 0 aliphatic carbocycles. The van der Waals surface area contributed by atoms with E-state index >= 15 is 0 Å². The molecule has 0 amide bonds. The standard InChI is InChI=1S/C21H23N3O2/c1-4-19(21-20(5-1)25-12-3-13-26-21)15-22-14-17-6-8-18(9-7-17)16-24-11-2-10-23-24/h1-2,4-11,22H,3,12-16H2. The molecule has 1 aliphatic rings. The number of fused-ring (bicyclic) bond motifs is 1. The van der Waals surface area contributed by atoms with Gasteiger partial charge in [0.05, 0.1) is 19.8 Å². The average Bonchev–Trinajstić information content (AvgIpc) is 3.05. The van der Waals surface area contributed by atoms with Crippen molar-refractivity contribution in [2.75, 3.05) is 13.2 Å². The van der Waals surface area contributed by atoms with Crippen LogP contribution in [0.25, 0.3) is 0 Å². The van der Waals surface area contributed by atoms with Gasteiger partial charge in [0.15, 0.2) is 11.5 Å². The Morgan fingerprint density at radius 1 is 0.923 bits per heavy atom. The van der Waals surface area contributed by atoms with E-state index in [1.807, 2.05) is 29.1 Å². The fourth-order valence-corrected chi connectivity index (χ4v) is 3.08. The third-order valence-electron chi connectivity index (χ3n) is 4.42. The highest BCUT2D eigenvalue weighted by atomic mass is 16.5. The van der Waals surface area contributed by atoms with Crippen LogP contribution in [0.1, 0.15) is 23.1 Å². The summed E-state index contributed by atoms with van der Waals surface area (Å²) in [5, 5.41) is 7.74. The molecule has 3 aromatic rings. The summed E-state index contributed by atoms with van der Waals surface area (Å²) in [5.41, 5.74) is 3.64. The molecule has 2 heterocycles. The second-order valence-electron chi connectivity index (χ2n) is 6.42. The normalized spacial score (nSPS) is 13.4. The first-order chi connectivity index (χ1) is 12.9. The van der Waals surface area contributed by atoms with Crippen LogP contribution in [-0.2, 0) is 19.6 Å². The molecule has 134 valence electrons. The van der Waals surface area contributed by atoms with Gasteiger partial charge in [-0.1, -0.05) is 36.4 Å². The van der Waals surface area contributed by atoms with E-state index in [1.54, 1.807) is 6.20 Å². The first-order valence-electron chi connectivity index (χ1n) is 9.02. The van der Waals surface area contributed by atoms with Gasteiger partial charge in [-0.25, -0.2) is 0 Å². The number of nitrogens with one attached hydrogen (secondary N) is 1. The monoisotopic (exact) mass is 349 g/mol. The van der Waals surface area contributed by atoms with Gasteiger partial charge < -0.3 is 14.8 Å². The van der Waals surface area contributed by atoms with Gasteiger partial charge in [-0.2, -0.15) is 5.10 Å². The van der Waals surface area contributed by atoms with Gasteiger partial charge in [0.1, 0.15) is 0 Å². The van der Waals surface area contributed by atoms with E-state index in [0.717, 1.165) is 49.7 Å². The molecule has 0 unspecified atom stereocenters. The Hall–Kier alpha value is -2.79. The molecule has 1 aliphatic heterocycles. The molecule has 0 fully saturated rings. The molecule has 0 spiro atoms. The lowest BCUT2D eigenvalue weighted by Gasteiger charge is -2.13. The lowest BCUT2D eigenvalue weighted by atomic mass is 10.1. The van der Waals surface area contributed by atoms with Crippen LogP contribution in [0.3, 0.4) is 0 Å². The summed E-state index contributed by atoms with van der Waals surface area (Å²) >= 11 is 0.